The van der Waals surface area contributed by atoms with Crippen LogP contribution in [0.3, 0.4) is 0 Å². The summed E-state index contributed by atoms with van der Waals surface area (Å²) in [6.07, 6.45) is 0.645. The second kappa shape index (κ2) is 8.09. The molecular weight excluding hydrogens is 435 g/mol. The van der Waals surface area contributed by atoms with E-state index in [0.29, 0.717) is 30.0 Å². The first-order chi connectivity index (χ1) is 15.8. The predicted octanol–water partition coefficient (Wildman–Crippen LogP) is 3.94. The maximum Gasteiger partial charge on any atom is 0.417 e. The minimum atomic E-state index is -4.46. The zero-order valence-corrected chi connectivity index (χ0v) is 17.7. The van der Waals surface area contributed by atoms with Crippen molar-refractivity contribution >= 4 is 5.91 Å². The quantitative estimate of drug-likeness (QED) is 0.593. The minimum absolute atomic E-state index is 0.111. The summed E-state index contributed by atoms with van der Waals surface area (Å²) in [5.41, 5.74) is 0.695. The average molecular weight is 455 g/mol. The minimum Gasteiger partial charge on any atom is -0.472 e. The van der Waals surface area contributed by atoms with E-state index in [1.54, 1.807) is 35.5 Å². The Morgan fingerprint density at radius 2 is 1.88 bits per heavy atom. The van der Waals surface area contributed by atoms with Gasteiger partial charge in [0, 0.05) is 36.9 Å². The molecule has 170 valence electrons. The van der Waals surface area contributed by atoms with Gasteiger partial charge in [-0.3, -0.25) is 4.79 Å². The standard InChI is InChI=1S/C23H20F3N5O2/c1-13-3-5-16(21-27-7-2-8-28-21)20(30-13)22(32)31-12-14-9-17(31)18(10-14)33-19-6-4-15(11-29-19)23(24,25)26/h2-8,11,14,17-18H,9-10,12H2,1H3. The number of piperidine rings is 1. The fraction of sp³-hybridized carbons (Fsp3) is 0.348. The monoisotopic (exact) mass is 455 g/mol. The van der Waals surface area contributed by atoms with Crippen LogP contribution in [0.5, 0.6) is 5.88 Å². The highest BCUT2D eigenvalue weighted by Gasteiger charge is 2.49. The van der Waals surface area contributed by atoms with Crippen LogP contribution in [0.4, 0.5) is 13.2 Å². The summed E-state index contributed by atoms with van der Waals surface area (Å²) in [4.78, 5) is 32.1. The van der Waals surface area contributed by atoms with Gasteiger partial charge in [-0.15, -0.1) is 0 Å². The SMILES string of the molecule is Cc1ccc(-c2ncccn2)c(C(=O)N2CC3CC(Oc4ccc(C(F)(F)F)cn4)C2C3)n1. The Labute approximate surface area is 187 Å². The van der Waals surface area contributed by atoms with Crippen LogP contribution in [-0.2, 0) is 6.18 Å². The molecule has 1 amide bonds. The Bertz CT molecular complexity index is 1170. The Morgan fingerprint density at radius 3 is 2.55 bits per heavy atom. The van der Waals surface area contributed by atoms with Crippen LogP contribution in [0.2, 0.25) is 0 Å². The van der Waals surface area contributed by atoms with Crippen molar-refractivity contribution in [1.29, 1.82) is 0 Å². The van der Waals surface area contributed by atoms with Gasteiger partial charge in [0.2, 0.25) is 5.88 Å². The molecule has 0 aromatic carbocycles. The Morgan fingerprint density at radius 1 is 1.09 bits per heavy atom. The summed E-state index contributed by atoms with van der Waals surface area (Å²) in [5.74, 6) is 0.543. The van der Waals surface area contributed by atoms with Gasteiger partial charge in [0.15, 0.2) is 5.82 Å². The normalized spacial score (nSPS) is 21.9. The number of likely N-dealkylation sites (tertiary alicyclic amines) is 1. The van der Waals surface area contributed by atoms with Crippen LogP contribution in [-0.4, -0.2) is 49.4 Å². The number of hydrogen-bond acceptors (Lipinski definition) is 6. The lowest BCUT2D eigenvalue weighted by Gasteiger charge is -2.33. The lowest BCUT2D eigenvalue weighted by molar-refractivity contribution is -0.137. The molecule has 3 aromatic rings. The van der Waals surface area contributed by atoms with Crippen LogP contribution in [0.1, 0.15) is 34.6 Å². The number of ether oxygens (including phenoxy) is 1. The number of halogens is 3. The lowest BCUT2D eigenvalue weighted by Crippen LogP contribution is -2.47. The van der Waals surface area contributed by atoms with E-state index >= 15 is 0 Å². The fourth-order valence-electron chi connectivity index (χ4n) is 4.57. The van der Waals surface area contributed by atoms with Crippen molar-refractivity contribution in [2.75, 3.05) is 6.54 Å². The number of rotatable bonds is 4. The van der Waals surface area contributed by atoms with Crippen molar-refractivity contribution in [3.63, 3.8) is 0 Å². The number of pyridine rings is 2. The smallest absolute Gasteiger partial charge is 0.417 e. The molecule has 3 atom stereocenters. The van der Waals surface area contributed by atoms with Crippen LogP contribution >= 0.6 is 0 Å². The molecular formula is C23H20F3N5O2. The fourth-order valence-corrected chi connectivity index (χ4v) is 4.57. The van der Waals surface area contributed by atoms with Crippen molar-refractivity contribution in [1.82, 2.24) is 24.8 Å². The maximum atomic E-state index is 13.5. The molecule has 0 N–H and O–H groups in total. The Hall–Kier alpha value is -3.56. The number of carbonyl (C=O) groups is 1. The summed E-state index contributed by atoms with van der Waals surface area (Å²) in [5, 5.41) is 0. The third-order valence-electron chi connectivity index (χ3n) is 6.07. The van der Waals surface area contributed by atoms with E-state index in [4.69, 9.17) is 4.74 Å². The third-order valence-corrected chi connectivity index (χ3v) is 6.07. The molecule has 2 fully saturated rings. The zero-order valence-electron chi connectivity index (χ0n) is 17.7. The van der Waals surface area contributed by atoms with Crippen LogP contribution in [0.25, 0.3) is 11.4 Å². The highest BCUT2D eigenvalue weighted by molar-refractivity contribution is 5.98. The average Bonchev–Trinajstić information content (AvgIpc) is 3.39. The van der Waals surface area contributed by atoms with E-state index in [2.05, 4.69) is 19.9 Å². The lowest BCUT2D eigenvalue weighted by atomic mass is 10.1. The molecule has 7 nitrogen and oxygen atoms in total. The van der Waals surface area contributed by atoms with Gasteiger partial charge >= 0.3 is 6.18 Å². The first kappa shape index (κ1) is 21.3. The molecule has 2 bridgehead atoms. The van der Waals surface area contributed by atoms with Crippen LogP contribution in [0, 0.1) is 12.8 Å². The highest BCUT2D eigenvalue weighted by Crippen LogP contribution is 2.41. The van der Waals surface area contributed by atoms with Gasteiger partial charge in [0.25, 0.3) is 5.91 Å². The molecule has 2 aliphatic rings. The molecule has 5 rings (SSSR count). The zero-order chi connectivity index (χ0) is 23.2. The van der Waals surface area contributed by atoms with Gasteiger partial charge in [0.1, 0.15) is 11.8 Å². The van der Waals surface area contributed by atoms with Gasteiger partial charge in [-0.25, -0.2) is 19.9 Å². The molecule has 1 saturated heterocycles. The van der Waals surface area contributed by atoms with Gasteiger partial charge in [-0.2, -0.15) is 13.2 Å². The second-order valence-electron chi connectivity index (χ2n) is 8.32. The van der Waals surface area contributed by atoms with E-state index in [9.17, 15) is 18.0 Å². The largest absolute Gasteiger partial charge is 0.472 e. The van der Waals surface area contributed by atoms with Crippen molar-refractivity contribution in [2.45, 2.75) is 38.1 Å². The molecule has 3 unspecified atom stereocenters. The van der Waals surface area contributed by atoms with E-state index < -0.39 is 11.7 Å². The number of nitrogens with zero attached hydrogens (tertiary/aromatic N) is 5. The molecule has 33 heavy (non-hydrogen) atoms. The number of hydrogen-bond donors (Lipinski definition) is 0. The Kier molecular flexibility index (Phi) is 5.22. The number of carbonyl (C=O) groups excluding carboxylic acids is 1. The van der Waals surface area contributed by atoms with Gasteiger partial charge in [-0.1, -0.05) is 0 Å². The van der Waals surface area contributed by atoms with Gasteiger partial charge in [0.05, 0.1) is 17.2 Å². The van der Waals surface area contributed by atoms with Crippen molar-refractivity contribution in [2.24, 2.45) is 5.92 Å². The maximum absolute atomic E-state index is 13.5. The molecule has 3 aromatic heterocycles. The number of amides is 1. The third kappa shape index (κ3) is 4.12. The summed E-state index contributed by atoms with van der Waals surface area (Å²) in [6, 6.07) is 7.25. The van der Waals surface area contributed by atoms with Crippen LogP contribution < -0.4 is 4.74 Å². The highest BCUT2D eigenvalue weighted by atomic mass is 19.4. The van der Waals surface area contributed by atoms with E-state index in [0.717, 1.165) is 18.7 Å². The summed E-state index contributed by atoms with van der Waals surface area (Å²) < 4.78 is 44.3. The molecule has 0 spiro atoms. The molecule has 1 aliphatic heterocycles. The first-order valence-corrected chi connectivity index (χ1v) is 10.6. The molecule has 0 radical (unpaired) electrons. The summed E-state index contributed by atoms with van der Waals surface area (Å²) in [6.45, 7) is 2.39. The topological polar surface area (TPSA) is 81.1 Å². The van der Waals surface area contributed by atoms with E-state index in [1.807, 2.05) is 6.92 Å². The van der Waals surface area contributed by atoms with Gasteiger partial charge < -0.3 is 9.64 Å². The molecule has 10 heteroatoms. The van der Waals surface area contributed by atoms with Crippen molar-refractivity contribution in [3.05, 3.63) is 65.9 Å². The molecule has 1 aliphatic carbocycles. The van der Waals surface area contributed by atoms with Gasteiger partial charge in [-0.05, 0) is 49.9 Å². The van der Waals surface area contributed by atoms with E-state index in [1.165, 1.54) is 6.07 Å². The summed E-state index contributed by atoms with van der Waals surface area (Å²) >= 11 is 0. The summed E-state index contributed by atoms with van der Waals surface area (Å²) in [7, 11) is 0. The van der Waals surface area contributed by atoms with Crippen LogP contribution in [0.15, 0.2) is 48.9 Å². The van der Waals surface area contributed by atoms with Crippen molar-refractivity contribution in [3.8, 4) is 17.3 Å². The van der Waals surface area contributed by atoms with Crippen molar-refractivity contribution < 1.29 is 22.7 Å². The number of aromatic nitrogens is 4. The Balaban J connectivity index is 1.37. The number of fused-ring (bicyclic) bond motifs is 2. The number of aryl methyl sites for hydroxylation is 1. The van der Waals surface area contributed by atoms with E-state index in [-0.39, 0.29) is 35.5 Å². The second-order valence-corrected chi connectivity index (χ2v) is 8.32. The molecule has 1 saturated carbocycles. The molecule has 4 heterocycles. The first-order valence-electron chi connectivity index (χ1n) is 10.6. The predicted molar refractivity (Wildman–Crippen MR) is 111 cm³/mol. The number of alkyl halides is 3.